The lowest BCUT2D eigenvalue weighted by Gasteiger charge is -2.21. The van der Waals surface area contributed by atoms with Gasteiger partial charge in [0.1, 0.15) is 11.4 Å². The van der Waals surface area contributed by atoms with Crippen molar-refractivity contribution in [2.24, 2.45) is 20.5 Å². The van der Waals surface area contributed by atoms with Gasteiger partial charge in [0.05, 0.1) is 58.1 Å². The normalized spacial score (nSPS) is 11.6. The van der Waals surface area contributed by atoms with Crippen LogP contribution in [-0.2, 0) is 0 Å². The Kier molecular flexibility index (Phi) is 14.7. The van der Waals surface area contributed by atoms with E-state index in [2.05, 4.69) is 56.9 Å². The minimum Gasteiger partial charge on any atom is -0.494 e. The molecule has 9 aromatic rings. The molecule has 12 heteroatoms. The Morgan fingerprint density at radius 1 is 0.431 bits per heavy atom. The van der Waals surface area contributed by atoms with E-state index in [1.807, 2.05) is 146 Å². The molecule has 0 aliphatic rings. The monoisotopic (exact) mass is 984 g/mol. The third-order valence-corrected chi connectivity index (χ3v) is 12.7. The molecule has 0 radical (unpaired) electrons. The Morgan fingerprint density at radius 3 is 1.10 bits per heavy atom. The fourth-order valence-corrected chi connectivity index (χ4v) is 8.72. The van der Waals surface area contributed by atoms with Crippen molar-refractivity contribution >= 4 is 115 Å². The summed E-state index contributed by atoms with van der Waals surface area (Å²) in [4.78, 5) is 30.8. The maximum atomic E-state index is 13.9. The van der Waals surface area contributed by atoms with E-state index in [1.54, 1.807) is 38.4 Å². The predicted octanol–water partition coefficient (Wildman–Crippen LogP) is 17.0. The summed E-state index contributed by atoms with van der Waals surface area (Å²) in [5, 5.41) is 22.6. The van der Waals surface area contributed by atoms with Crippen molar-refractivity contribution in [2.45, 2.75) is 0 Å². The van der Waals surface area contributed by atoms with Crippen LogP contribution in [0.15, 0.2) is 202 Å². The standard InChI is InChI=1S/C60H46Cl2N6O4/c1-67(53-19-11-9-17-51(53)61)59(69)49-37-43-13-5-7-15-47(43)55(57(49)71-3)65-63-45-33-29-41(30-34-45)27-25-39-21-23-40(24-22-39)26-28-42-31-35-46(36-32-42)64-66-56-48-16-8-6-14-44(48)38-50(58(56)72-4)60(70)68(2)54-20-12-10-18-52(54)62/h5-38H,1-4H3. The summed E-state index contributed by atoms with van der Waals surface area (Å²) in [6.07, 6.45) is 8.20. The van der Waals surface area contributed by atoms with Crippen molar-refractivity contribution in [1.82, 2.24) is 0 Å². The molecule has 9 rings (SSSR count). The maximum Gasteiger partial charge on any atom is 0.261 e. The van der Waals surface area contributed by atoms with Crippen molar-refractivity contribution in [1.29, 1.82) is 0 Å². The number of methoxy groups -OCH3 is 2. The highest BCUT2D eigenvalue weighted by molar-refractivity contribution is 6.34. The molecule has 0 saturated carbocycles. The largest absolute Gasteiger partial charge is 0.494 e. The van der Waals surface area contributed by atoms with Gasteiger partial charge >= 0.3 is 0 Å². The molecular weight excluding hydrogens is 940 g/mol. The van der Waals surface area contributed by atoms with Gasteiger partial charge in [0.25, 0.3) is 11.8 Å². The van der Waals surface area contributed by atoms with Crippen LogP contribution >= 0.6 is 23.2 Å². The number of carbonyl (C=O) groups excluding carboxylic acids is 2. The third kappa shape index (κ3) is 10.6. The molecule has 0 aromatic heterocycles. The fraction of sp³-hybridized carbons (Fsp3) is 0.0667. The van der Waals surface area contributed by atoms with Gasteiger partial charge in [-0.1, -0.05) is 169 Å². The summed E-state index contributed by atoms with van der Waals surface area (Å²) >= 11 is 12.9. The number of nitrogens with zero attached hydrogens (tertiary/aromatic N) is 6. The van der Waals surface area contributed by atoms with Crippen molar-refractivity contribution in [3.8, 4) is 11.5 Å². The predicted molar refractivity (Wildman–Crippen MR) is 295 cm³/mol. The lowest BCUT2D eigenvalue weighted by Crippen LogP contribution is -2.27. The Morgan fingerprint density at radius 2 is 0.750 bits per heavy atom. The van der Waals surface area contributed by atoms with Gasteiger partial charge in [0, 0.05) is 24.9 Å². The van der Waals surface area contributed by atoms with Gasteiger partial charge < -0.3 is 19.3 Å². The second-order valence-corrected chi connectivity index (χ2v) is 17.4. The van der Waals surface area contributed by atoms with Crippen LogP contribution in [0.5, 0.6) is 11.5 Å². The molecule has 0 saturated heterocycles. The average molecular weight is 986 g/mol. The number of amides is 2. The second-order valence-electron chi connectivity index (χ2n) is 16.6. The number of hydrogen-bond acceptors (Lipinski definition) is 8. The first-order chi connectivity index (χ1) is 35.1. The van der Waals surface area contributed by atoms with Crippen LogP contribution in [0.2, 0.25) is 10.0 Å². The minimum absolute atomic E-state index is 0.292. The number of hydrogen-bond donors (Lipinski definition) is 0. The first-order valence-corrected chi connectivity index (χ1v) is 23.6. The van der Waals surface area contributed by atoms with Crippen LogP contribution in [0.3, 0.4) is 0 Å². The number of halogens is 2. The number of para-hydroxylation sites is 2. The quantitative estimate of drug-likeness (QED) is 0.0798. The summed E-state index contributed by atoms with van der Waals surface area (Å²) in [7, 11) is 6.41. The molecule has 0 atom stereocenters. The van der Waals surface area contributed by atoms with Gasteiger partial charge in [-0.3, -0.25) is 9.59 Å². The van der Waals surface area contributed by atoms with E-state index in [4.69, 9.17) is 32.7 Å². The van der Waals surface area contributed by atoms with Gasteiger partial charge in [-0.05, 0) is 93.7 Å². The molecular formula is C60H46Cl2N6O4. The highest BCUT2D eigenvalue weighted by Crippen LogP contribution is 2.43. The summed E-state index contributed by atoms with van der Waals surface area (Å²) < 4.78 is 11.7. The van der Waals surface area contributed by atoms with Crippen LogP contribution in [0.25, 0.3) is 45.8 Å². The molecule has 0 heterocycles. The molecule has 10 nitrogen and oxygen atoms in total. The molecule has 354 valence electrons. The van der Waals surface area contributed by atoms with E-state index < -0.39 is 0 Å². The number of rotatable bonds is 14. The molecule has 2 amide bonds. The Bertz CT molecular complexity index is 3360. The fourth-order valence-electron chi connectivity index (χ4n) is 8.20. The van der Waals surface area contributed by atoms with Crippen LogP contribution in [0.4, 0.5) is 34.1 Å². The van der Waals surface area contributed by atoms with Crippen molar-refractivity contribution in [2.75, 3.05) is 38.1 Å². The van der Waals surface area contributed by atoms with E-state index in [1.165, 1.54) is 24.0 Å². The average Bonchev–Trinajstić information content (AvgIpc) is 3.42. The molecule has 0 bridgehead atoms. The second kappa shape index (κ2) is 21.9. The number of carbonyl (C=O) groups is 2. The number of ether oxygens (including phenoxy) is 2. The maximum absolute atomic E-state index is 13.9. The zero-order valence-corrected chi connectivity index (χ0v) is 41.2. The summed E-state index contributed by atoms with van der Waals surface area (Å²) in [6, 6.07) is 57.2. The number of azo groups is 2. The Hall–Kier alpha value is -8.70. The molecule has 0 fully saturated rings. The first kappa shape index (κ1) is 48.3. The number of fused-ring (bicyclic) bond motifs is 2. The van der Waals surface area contributed by atoms with Crippen LogP contribution in [-0.4, -0.2) is 40.1 Å². The lowest BCUT2D eigenvalue weighted by atomic mass is 10.0. The SMILES string of the molecule is COc1c(C(=O)N(C)c2ccccc2Cl)cc2ccccc2c1N=Nc1ccc(C=Cc2ccc(C=Cc3ccc(N=Nc4c(OC)c(C(=O)N(C)c5ccccc5Cl)cc5ccccc45)cc3)cc2)cc1. The molecule has 0 aliphatic carbocycles. The summed E-state index contributed by atoms with van der Waals surface area (Å²) in [6.45, 7) is 0. The van der Waals surface area contributed by atoms with E-state index in [-0.39, 0.29) is 11.8 Å². The van der Waals surface area contributed by atoms with Crippen LogP contribution < -0.4 is 19.3 Å². The van der Waals surface area contributed by atoms with Gasteiger partial charge in [-0.2, -0.15) is 10.2 Å². The van der Waals surface area contributed by atoms with Crippen LogP contribution in [0.1, 0.15) is 43.0 Å². The van der Waals surface area contributed by atoms with Gasteiger partial charge in [-0.25, -0.2) is 0 Å². The summed E-state index contributed by atoms with van der Waals surface area (Å²) in [5.41, 5.74) is 8.12. The topological polar surface area (TPSA) is 109 Å². The van der Waals surface area contributed by atoms with Gasteiger partial charge in [-0.15, -0.1) is 10.2 Å². The third-order valence-electron chi connectivity index (χ3n) is 12.0. The minimum atomic E-state index is -0.292. The van der Waals surface area contributed by atoms with E-state index in [9.17, 15) is 9.59 Å². The Balaban J connectivity index is 0.849. The van der Waals surface area contributed by atoms with Gasteiger partial charge in [0.2, 0.25) is 0 Å². The molecule has 0 unspecified atom stereocenters. The smallest absolute Gasteiger partial charge is 0.261 e. The van der Waals surface area contributed by atoms with Crippen LogP contribution in [0, 0.1) is 0 Å². The van der Waals surface area contributed by atoms with Crippen molar-refractivity contribution < 1.29 is 19.1 Å². The molecule has 72 heavy (non-hydrogen) atoms. The van der Waals surface area contributed by atoms with E-state index >= 15 is 0 Å². The van der Waals surface area contributed by atoms with E-state index in [0.717, 1.165) is 43.8 Å². The lowest BCUT2D eigenvalue weighted by molar-refractivity contribution is 0.0982. The molecule has 0 spiro atoms. The van der Waals surface area contributed by atoms with Crippen molar-refractivity contribution in [3.05, 3.63) is 225 Å². The summed E-state index contributed by atoms with van der Waals surface area (Å²) in [5.74, 6) is 0.0599. The molecule has 0 N–H and O–H groups in total. The number of benzene rings is 9. The zero-order valence-electron chi connectivity index (χ0n) is 39.7. The molecule has 9 aromatic carbocycles. The highest BCUT2D eigenvalue weighted by Gasteiger charge is 2.26. The zero-order chi connectivity index (χ0) is 50.1. The molecule has 0 aliphatic heterocycles. The van der Waals surface area contributed by atoms with Crippen molar-refractivity contribution in [3.63, 3.8) is 0 Å². The first-order valence-electron chi connectivity index (χ1n) is 22.8. The Labute approximate surface area is 427 Å². The number of anilines is 2. The highest BCUT2D eigenvalue weighted by atomic mass is 35.5. The van der Waals surface area contributed by atoms with Gasteiger partial charge in [0.15, 0.2) is 11.5 Å². The van der Waals surface area contributed by atoms with E-state index in [0.29, 0.717) is 66.8 Å².